The number of allylic oxidation sites excluding steroid dienone is 3. The molecule has 0 radical (unpaired) electrons. The van der Waals surface area contributed by atoms with Crippen LogP contribution in [0.4, 0.5) is 22.0 Å². The lowest BCUT2D eigenvalue weighted by molar-refractivity contribution is -0.319. The van der Waals surface area contributed by atoms with E-state index in [-0.39, 0.29) is 18.7 Å². The summed E-state index contributed by atoms with van der Waals surface area (Å²) in [4.78, 5) is 1.68. The van der Waals surface area contributed by atoms with Crippen LogP contribution in [0.25, 0.3) is 0 Å². The van der Waals surface area contributed by atoms with Crippen LogP contribution < -0.4 is 10.6 Å². The number of benzene rings is 1. The smallest absolute Gasteiger partial charge is 0.379 e. The number of halogens is 5. The lowest BCUT2D eigenvalue weighted by atomic mass is 9.98. The number of hydrogen-bond donors (Lipinski definition) is 6. The van der Waals surface area contributed by atoms with Gasteiger partial charge < -0.3 is 20.4 Å². The Morgan fingerprint density at radius 1 is 1.24 bits per heavy atom. The third-order valence-corrected chi connectivity index (χ3v) is 6.59. The van der Waals surface area contributed by atoms with Crippen molar-refractivity contribution < 1.29 is 47.1 Å². The fourth-order valence-corrected chi connectivity index (χ4v) is 4.63. The van der Waals surface area contributed by atoms with Gasteiger partial charge in [0.2, 0.25) is 0 Å². The van der Waals surface area contributed by atoms with E-state index in [9.17, 15) is 33.6 Å². The van der Waals surface area contributed by atoms with Gasteiger partial charge in [-0.25, -0.2) is 0 Å². The van der Waals surface area contributed by atoms with E-state index in [2.05, 4.69) is 21.9 Å². The van der Waals surface area contributed by atoms with Gasteiger partial charge in [0.1, 0.15) is 18.7 Å². The van der Waals surface area contributed by atoms with Gasteiger partial charge >= 0.3 is 12.3 Å². The van der Waals surface area contributed by atoms with E-state index in [0.717, 1.165) is 18.2 Å². The molecule has 1 aromatic rings. The summed E-state index contributed by atoms with van der Waals surface area (Å²) in [5.41, 5.74) is 0.891. The normalized spacial score (nSPS) is 26.4. The van der Waals surface area contributed by atoms with Gasteiger partial charge in [-0.15, -0.1) is 13.2 Å². The first kappa shape index (κ1) is 30.3. The second-order valence-corrected chi connectivity index (χ2v) is 9.22. The Bertz CT molecular complexity index is 1050. The minimum atomic E-state index is -4.92. The molecule has 6 N–H and O–H groups in total. The first-order valence-corrected chi connectivity index (χ1v) is 11.9. The molecule has 0 saturated carbocycles. The molecule has 1 unspecified atom stereocenters. The van der Waals surface area contributed by atoms with Crippen molar-refractivity contribution in [3.05, 3.63) is 70.8 Å². The number of hydrogen-bond acceptors (Lipinski definition) is 8. The highest BCUT2D eigenvalue weighted by atomic mass is 19.4. The monoisotopic (exact) mass is 549 g/mol. The second-order valence-electron chi connectivity index (χ2n) is 9.22. The summed E-state index contributed by atoms with van der Waals surface area (Å²) in [6.07, 6.45) is -6.55. The van der Waals surface area contributed by atoms with Crippen molar-refractivity contribution in [2.45, 2.75) is 76.1 Å². The Balaban J connectivity index is 1.66. The predicted octanol–water partition coefficient (Wildman–Crippen LogP) is 2.52. The zero-order valence-corrected chi connectivity index (χ0v) is 20.6. The summed E-state index contributed by atoms with van der Waals surface area (Å²) in [5, 5.41) is 45.9. The van der Waals surface area contributed by atoms with Crippen LogP contribution in [0.15, 0.2) is 54.2 Å². The molecule has 13 heteroatoms. The van der Waals surface area contributed by atoms with E-state index in [1.54, 1.807) is 23.1 Å². The molecule has 8 nitrogen and oxygen atoms in total. The summed E-state index contributed by atoms with van der Waals surface area (Å²) >= 11 is 0. The zero-order valence-electron chi connectivity index (χ0n) is 20.6. The fourth-order valence-electron chi connectivity index (χ4n) is 4.63. The van der Waals surface area contributed by atoms with E-state index in [0.29, 0.717) is 29.5 Å². The van der Waals surface area contributed by atoms with Crippen molar-refractivity contribution in [2.24, 2.45) is 0 Å². The third kappa shape index (κ3) is 7.24. The number of nitrogens with zero attached hydrogens (tertiary/aromatic N) is 1. The molecule has 2 heterocycles. The van der Waals surface area contributed by atoms with Crippen molar-refractivity contribution in [1.82, 2.24) is 15.5 Å². The maximum Gasteiger partial charge on any atom is 0.522 e. The number of alkyl halides is 5. The Hall–Kier alpha value is -2.23. The first-order chi connectivity index (χ1) is 17.7. The number of nitrogens with one attached hydrogen (secondary N) is 2. The van der Waals surface area contributed by atoms with Crippen LogP contribution in [0, 0.1) is 0 Å². The summed E-state index contributed by atoms with van der Waals surface area (Å²) in [7, 11) is 0. The third-order valence-electron chi connectivity index (χ3n) is 6.59. The van der Waals surface area contributed by atoms with E-state index >= 15 is 8.78 Å². The van der Waals surface area contributed by atoms with Gasteiger partial charge in [-0.3, -0.25) is 20.3 Å². The van der Waals surface area contributed by atoms with Gasteiger partial charge in [0.15, 0.2) is 6.23 Å². The van der Waals surface area contributed by atoms with E-state index in [1.807, 2.05) is 0 Å². The number of fused-ring (bicyclic) bond motifs is 1. The molecule has 1 fully saturated rings. The van der Waals surface area contributed by atoms with E-state index in [1.165, 1.54) is 6.92 Å². The molecule has 2 aliphatic rings. The number of aliphatic hydroxyl groups is 4. The molecule has 38 heavy (non-hydrogen) atoms. The SMILES string of the molecule is C=C/C=C(\C(C)=C/COC(F)(F)F)C(F)(F)[C@H](O)NCc1ccc2c(c1)CN(C1CC[C@H](O)N[C@@H]1O)[C@H]2O. The average Bonchev–Trinajstić information content (AvgIpc) is 3.15. The molecule has 212 valence electrons. The van der Waals surface area contributed by atoms with Crippen LogP contribution in [0.3, 0.4) is 0 Å². The van der Waals surface area contributed by atoms with Crippen LogP contribution >= 0.6 is 0 Å². The molecular weight excluding hydrogens is 517 g/mol. The van der Waals surface area contributed by atoms with Crippen molar-refractivity contribution in [1.29, 1.82) is 0 Å². The molecule has 0 bridgehead atoms. The van der Waals surface area contributed by atoms with Crippen molar-refractivity contribution in [2.75, 3.05) is 6.61 Å². The summed E-state index contributed by atoms with van der Waals surface area (Å²) in [6, 6.07) is 4.47. The Morgan fingerprint density at radius 2 is 1.95 bits per heavy atom. The maximum absolute atomic E-state index is 15.1. The van der Waals surface area contributed by atoms with Crippen molar-refractivity contribution >= 4 is 0 Å². The predicted molar refractivity (Wildman–Crippen MR) is 127 cm³/mol. The molecular formula is C25H32F5N3O5. The van der Waals surface area contributed by atoms with Gasteiger partial charge in [0.25, 0.3) is 0 Å². The highest BCUT2D eigenvalue weighted by molar-refractivity contribution is 5.39. The number of rotatable bonds is 10. The Morgan fingerprint density at radius 3 is 2.58 bits per heavy atom. The van der Waals surface area contributed by atoms with Crippen LogP contribution in [0.1, 0.15) is 42.7 Å². The number of aliphatic hydroxyl groups excluding tert-OH is 4. The minimum Gasteiger partial charge on any atom is -0.379 e. The maximum atomic E-state index is 15.1. The molecule has 1 saturated heterocycles. The van der Waals surface area contributed by atoms with Crippen LogP contribution in [-0.2, 0) is 17.8 Å². The Kier molecular flexibility index (Phi) is 9.81. The fraction of sp³-hybridized carbons (Fsp3) is 0.520. The van der Waals surface area contributed by atoms with Gasteiger partial charge in [0, 0.05) is 18.7 Å². The van der Waals surface area contributed by atoms with Crippen molar-refractivity contribution in [3.63, 3.8) is 0 Å². The van der Waals surface area contributed by atoms with E-state index in [4.69, 9.17) is 0 Å². The topological polar surface area (TPSA) is 117 Å². The van der Waals surface area contributed by atoms with Gasteiger partial charge in [-0.2, -0.15) is 8.78 Å². The molecule has 2 aliphatic heterocycles. The van der Waals surface area contributed by atoms with Crippen LogP contribution in [0.5, 0.6) is 0 Å². The first-order valence-electron chi connectivity index (χ1n) is 11.9. The lowest BCUT2D eigenvalue weighted by Gasteiger charge is -2.39. The average molecular weight is 550 g/mol. The molecule has 0 spiro atoms. The van der Waals surface area contributed by atoms with E-state index < -0.39 is 55.4 Å². The molecule has 0 aliphatic carbocycles. The molecule has 0 aromatic heterocycles. The minimum absolute atomic E-state index is 0.179. The van der Waals surface area contributed by atoms with Crippen LogP contribution in [-0.4, -0.2) is 68.9 Å². The largest absolute Gasteiger partial charge is 0.522 e. The number of piperidine rings is 1. The molecule has 0 amide bonds. The summed E-state index contributed by atoms with van der Waals surface area (Å²) in [5.74, 6) is -3.88. The standard InChI is InChI=1S/C25H32F5N3O5/c1-3-4-18(14(2)9-10-38-25(28,29)30)24(26,27)23(37)31-12-15-5-6-17-16(11-15)13-33(22(17)36)19-7-8-20(34)32-21(19)35/h3-6,9,11,19-23,31-32,34-37H,1,7-8,10,12-13H2,2H3/b14-9-,18-4+/t19?,20-,21+,22-,23-/m0/s1. The molecule has 1 aromatic carbocycles. The quantitative estimate of drug-likeness (QED) is 0.150. The lowest BCUT2D eigenvalue weighted by Crippen LogP contribution is -2.56. The van der Waals surface area contributed by atoms with Gasteiger partial charge in [-0.05, 0) is 42.0 Å². The second kappa shape index (κ2) is 12.3. The highest BCUT2D eigenvalue weighted by Gasteiger charge is 2.43. The Labute approximate surface area is 216 Å². The van der Waals surface area contributed by atoms with Crippen LogP contribution in [0.2, 0.25) is 0 Å². The summed E-state index contributed by atoms with van der Waals surface area (Å²) in [6.45, 7) is 3.64. The van der Waals surface area contributed by atoms with Gasteiger partial charge in [0.05, 0.1) is 12.6 Å². The number of ether oxygens (including phenoxy) is 1. The molecule has 5 atom stereocenters. The zero-order chi connectivity index (χ0) is 28.3. The van der Waals surface area contributed by atoms with Crippen molar-refractivity contribution in [3.8, 4) is 0 Å². The van der Waals surface area contributed by atoms with Gasteiger partial charge in [-0.1, -0.05) is 43.0 Å². The summed E-state index contributed by atoms with van der Waals surface area (Å²) < 4.78 is 70.3. The highest BCUT2D eigenvalue weighted by Crippen LogP contribution is 2.37. The molecule has 3 rings (SSSR count).